The lowest BCUT2D eigenvalue weighted by atomic mass is 9.86. The first-order valence-corrected chi connectivity index (χ1v) is 11.8. The smallest absolute Gasteiger partial charge is 0.213 e. The number of methoxy groups -OCH3 is 1. The van der Waals surface area contributed by atoms with Gasteiger partial charge in [-0.2, -0.15) is 0 Å². The molecule has 1 heterocycles. The second-order valence-corrected chi connectivity index (χ2v) is 10.3. The van der Waals surface area contributed by atoms with Gasteiger partial charge in [-0.25, -0.2) is 18.1 Å². The van der Waals surface area contributed by atoms with E-state index in [1.54, 1.807) is 21.0 Å². The Bertz CT molecular complexity index is 873. The summed E-state index contributed by atoms with van der Waals surface area (Å²) in [6.45, 7) is 3.95. The number of hydrogen-bond donors (Lipinski definition) is 2. The first-order valence-electron chi connectivity index (χ1n) is 10.2. The normalized spacial score (nSPS) is 19.9. The van der Waals surface area contributed by atoms with Crippen molar-refractivity contribution in [2.75, 3.05) is 19.0 Å². The van der Waals surface area contributed by atoms with E-state index in [0.29, 0.717) is 18.5 Å². The monoisotopic (exact) mass is 417 g/mol. The third kappa shape index (κ3) is 5.93. The summed E-state index contributed by atoms with van der Waals surface area (Å²) in [5.41, 5.74) is 2.17. The third-order valence-electron chi connectivity index (χ3n) is 5.58. The number of aromatic nitrogens is 1. The molecule has 0 radical (unpaired) electrons. The van der Waals surface area contributed by atoms with Crippen molar-refractivity contribution < 1.29 is 13.2 Å². The van der Waals surface area contributed by atoms with Gasteiger partial charge in [-0.05, 0) is 75.3 Å². The van der Waals surface area contributed by atoms with Gasteiger partial charge < -0.3 is 10.1 Å². The van der Waals surface area contributed by atoms with E-state index < -0.39 is 10.0 Å². The third-order valence-corrected chi connectivity index (χ3v) is 7.39. The van der Waals surface area contributed by atoms with Crippen molar-refractivity contribution in [3.8, 4) is 16.9 Å². The van der Waals surface area contributed by atoms with Crippen molar-refractivity contribution in [3.05, 3.63) is 42.6 Å². The van der Waals surface area contributed by atoms with Gasteiger partial charge in [-0.1, -0.05) is 12.1 Å². The summed E-state index contributed by atoms with van der Waals surface area (Å²) in [4.78, 5) is 4.56. The Labute approximate surface area is 174 Å². The molecule has 0 saturated heterocycles. The maximum atomic E-state index is 11.9. The highest BCUT2D eigenvalue weighted by Gasteiger charge is 2.23. The van der Waals surface area contributed by atoms with Crippen LogP contribution in [0.1, 0.15) is 39.5 Å². The van der Waals surface area contributed by atoms with E-state index in [9.17, 15) is 8.42 Å². The lowest BCUT2D eigenvalue weighted by Crippen LogP contribution is -2.37. The summed E-state index contributed by atoms with van der Waals surface area (Å²) in [5, 5.41) is 3.14. The number of anilines is 1. The SMILES string of the molecule is COc1ccc(-c2ccc(N[C@H]3CC[C@H](CNS(=O)(=O)C(C)C)CC3)nc2)cc1. The molecule has 7 heteroatoms. The number of rotatable bonds is 8. The number of hydrogen-bond acceptors (Lipinski definition) is 5. The molecule has 1 fully saturated rings. The van der Waals surface area contributed by atoms with Gasteiger partial charge in [0.05, 0.1) is 12.4 Å². The van der Waals surface area contributed by atoms with Crippen LogP contribution in [-0.2, 0) is 10.0 Å². The largest absolute Gasteiger partial charge is 0.497 e. The average Bonchev–Trinajstić information content (AvgIpc) is 2.74. The Kier molecular flexibility index (Phi) is 7.14. The molecular weight excluding hydrogens is 386 g/mol. The number of pyridine rings is 1. The maximum Gasteiger partial charge on any atom is 0.213 e. The maximum absolute atomic E-state index is 11.9. The minimum atomic E-state index is -3.17. The molecule has 3 rings (SSSR count). The molecule has 0 atom stereocenters. The van der Waals surface area contributed by atoms with Crippen LogP contribution in [0.2, 0.25) is 0 Å². The minimum absolute atomic E-state index is 0.382. The molecule has 2 N–H and O–H groups in total. The molecule has 2 aromatic rings. The van der Waals surface area contributed by atoms with Crippen molar-refractivity contribution in [2.45, 2.75) is 50.8 Å². The number of benzene rings is 1. The van der Waals surface area contributed by atoms with Crippen LogP contribution >= 0.6 is 0 Å². The average molecular weight is 418 g/mol. The van der Waals surface area contributed by atoms with Crippen LogP contribution < -0.4 is 14.8 Å². The van der Waals surface area contributed by atoms with E-state index in [1.807, 2.05) is 36.5 Å². The fraction of sp³-hybridized carbons (Fsp3) is 0.500. The fourth-order valence-electron chi connectivity index (χ4n) is 3.55. The van der Waals surface area contributed by atoms with Gasteiger partial charge in [-0.15, -0.1) is 0 Å². The summed E-state index contributed by atoms with van der Waals surface area (Å²) in [6.07, 6.45) is 5.97. The van der Waals surface area contributed by atoms with Crippen LogP contribution in [0.15, 0.2) is 42.6 Å². The highest BCUT2D eigenvalue weighted by atomic mass is 32.2. The van der Waals surface area contributed by atoms with Crippen LogP contribution in [0.3, 0.4) is 0 Å². The summed E-state index contributed by atoms with van der Waals surface area (Å²) >= 11 is 0. The van der Waals surface area contributed by atoms with Crippen molar-refractivity contribution in [1.82, 2.24) is 9.71 Å². The predicted molar refractivity (Wildman–Crippen MR) is 118 cm³/mol. The second-order valence-electron chi connectivity index (χ2n) is 7.96. The second kappa shape index (κ2) is 9.59. The summed E-state index contributed by atoms with van der Waals surface area (Å²) < 4.78 is 31.8. The van der Waals surface area contributed by atoms with Crippen molar-refractivity contribution in [1.29, 1.82) is 0 Å². The molecule has 1 aliphatic rings. The van der Waals surface area contributed by atoms with Gasteiger partial charge in [0.15, 0.2) is 0 Å². The molecule has 158 valence electrons. The fourth-order valence-corrected chi connectivity index (χ4v) is 4.36. The van der Waals surface area contributed by atoms with Crippen LogP contribution in [0.25, 0.3) is 11.1 Å². The molecule has 1 saturated carbocycles. The first-order chi connectivity index (χ1) is 13.9. The van der Waals surface area contributed by atoms with Gasteiger partial charge in [0.1, 0.15) is 11.6 Å². The zero-order chi connectivity index (χ0) is 20.9. The van der Waals surface area contributed by atoms with E-state index >= 15 is 0 Å². The predicted octanol–water partition coefficient (Wildman–Crippen LogP) is 4.06. The standard InChI is InChI=1S/C22H31N3O3S/c1-16(2)29(26,27)24-14-17-4-9-20(10-5-17)25-22-13-8-19(15-23-22)18-6-11-21(28-3)12-7-18/h6-8,11-13,15-17,20,24H,4-5,9-10,14H2,1-3H3,(H,23,25)/t17-,20-. The highest BCUT2D eigenvalue weighted by molar-refractivity contribution is 7.90. The quantitative estimate of drug-likeness (QED) is 0.677. The van der Waals surface area contributed by atoms with E-state index in [2.05, 4.69) is 21.1 Å². The van der Waals surface area contributed by atoms with Crippen molar-refractivity contribution >= 4 is 15.8 Å². The van der Waals surface area contributed by atoms with Crippen LogP contribution in [0, 0.1) is 5.92 Å². The van der Waals surface area contributed by atoms with Gasteiger partial charge >= 0.3 is 0 Å². The topological polar surface area (TPSA) is 80.3 Å². The molecule has 0 amide bonds. The van der Waals surface area contributed by atoms with Crippen molar-refractivity contribution in [3.63, 3.8) is 0 Å². The molecule has 0 aliphatic heterocycles. The zero-order valence-corrected chi connectivity index (χ0v) is 18.2. The Morgan fingerprint density at radius 3 is 2.24 bits per heavy atom. The summed E-state index contributed by atoms with van der Waals surface area (Å²) in [6, 6.07) is 12.4. The number of nitrogens with zero attached hydrogens (tertiary/aromatic N) is 1. The van der Waals surface area contributed by atoms with E-state index in [4.69, 9.17) is 4.74 Å². The summed E-state index contributed by atoms with van der Waals surface area (Å²) in [7, 11) is -1.51. The zero-order valence-electron chi connectivity index (χ0n) is 17.4. The Balaban J connectivity index is 1.48. The van der Waals surface area contributed by atoms with Gasteiger partial charge in [0.2, 0.25) is 10.0 Å². The lowest BCUT2D eigenvalue weighted by molar-refractivity contribution is 0.336. The van der Waals surface area contributed by atoms with Crippen LogP contribution in [0.5, 0.6) is 5.75 Å². The number of ether oxygens (including phenoxy) is 1. The first kappa shape index (κ1) is 21.6. The number of sulfonamides is 1. The molecule has 1 aliphatic carbocycles. The van der Waals surface area contributed by atoms with Crippen LogP contribution in [-0.4, -0.2) is 38.3 Å². The van der Waals surface area contributed by atoms with Gasteiger partial charge in [-0.3, -0.25) is 0 Å². The van der Waals surface area contributed by atoms with Crippen LogP contribution in [0.4, 0.5) is 5.82 Å². The van der Waals surface area contributed by atoms with Gasteiger partial charge in [0.25, 0.3) is 0 Å². The van der Waals surface area contributed by atoms with E-state index in [0.717, 1.165) is 48.4 Å². The molecule has 0 unspecified atom stereocenters. The highest BCUT2D eigenvalue weighted by Crippen LogP contribution is 2.27. The minimum Gasteiger partial charge on any atom is -0.497 e. The van der Waals surface area contributed by atoms with Gasteiger partial charge in [0, 0.05) is 24.3 Å². The molecule has 0 spiro atoms. The number of nitrogens with one attached hydrogen (secondary N) is 2. The molecule has 6 nitrogen and oxygen atoms in total. The Morgan fingerprint density at radius 2 is 1.69 bits per heavy atom. The molecule has 1 aromatic carbocycles. The lowest BCUT2D eigenvalue weighted by Gasteiger charge is -2.29. The molecule has 1 aromatic heterocycles. The van der Waals surface area contributed by atoms with Crippen molar-refractivity contribution in [2.24, 2.45) is 5.92 Å². The molecular formula is C22H31N3O3S. The van der Waals surface area contributed by atoms with E-state index in [-0.39, 0.29) is 5.25 Å². The molecule has 29 heavy (non-hydrogen) atoms. The molecule has 0 bridgehead atoms. The Morgan fingerprint density at radius 1 is 1.03 bits per heavy atom. The van der Waals surface area contributed by atoms with E-state index in [1.165, 1.54) is 0 Å². The summed E-state index contributed by atoms with van der Waals surface area (Å²) in [5.74, 6) is 2.13. The Hall–Kier alpha value is -2.12.